The van der Waals surface area contributed by atoms with Gasteiger partial charge < -0.3 is 4.74 Å². The molecule has 0 saturated carbocycles. The highest BCUT2D eigenvalue weighted by Gasteiger charge is 2.84. The summed E-state index contributed by atoms with van der Waals surface area (Å²) in [4.78, 5) is -1.86. The maximum atomic E-state index is 14.9. The molecular weight excluding hydrogens is 636 g/mol. The molecule has 224 valence electrons. The molecule has 0 amide bonds. The molecule has 3 aromatic rings. The minimum absolute atomic E-state index is 0.145. The Bertz CT molecular complexity index is 1690. The quantitative estimate of drug-likeness (QED) is 0.198. The van der Waals surface area contributed by atoms with Crippen LogP contribution in [-0.2, 0) is 25.9 Å². The van der Waals surface area contributed by atoms with Crippen LogP contribution >= 0.6 is 11.6 Å². The van der Waals surface area contributed by atoms with Gasteiger partial charge >= 0.3 is 33.1 Å². The minimum Gasteiger partial charge on any atom is -0.497 e. The zero-order valence-electron chi connectivity index (χ0n) is 20.5. The van der Waals surface area contributed by atoms with Gasteiger partial charge in [0.25, 0.3) is 0 Å². The molecule has 6 nitrogen and oxygen atoms in total. The summed E-state index contributed by atoms with van der Waals surface area (Å²) >= 11 is 6.12. The van der Waals surface area contributed by atoms with Crippen molar-refractivity contribution in [1.29, 1.82) is 0 Å². The maximum absolute atomic E-state index is 14.9. The molecule has 17 heteroatoms. The van der Waals surface area contributed by atoms with E-state index in [2.05, 4.69) is 0 Å². The van der Waals surface area contributed by atoms with Crippen LogP contribution in [-0.4, -0.2) is 45.6 Å². The van der Waals surface area contributed by atoms with Crippen molar-refractivity contribution in [3.05, 3.63) is 76.8 Å². The second-order valence-corrected chi connectivity index (χ2v) is 12.4. The van der Waals surface area contributed by atoms with Crippen LogP contribution in [0.1, 0.15) is 11.1 Å². The van der Waals surface area contributed by atoms with Crippen LogP contribution in [0, 0.1) is 6.92 Å². The van der Waals surface area contributed by atoms with Gasteiger partial charge in [-0.2, -0.15) is 43.5 Å². The normalized spacial score (nSPS) is 13.8. The van der Waals surface area contributed by atoms with E-state index in [-0.39, 0.29) is 6.07 Å². The largest absolute Gasteiger partial charge is 0.497 e. The summed E-state index contributed by atoms with van der Waals surface area (Å²) in [6.07, 6.45) is 0. The van der Waals surface area contributed by atoms with Gasteiger partial charge in [-0.25, -0.2) is 8.42 Å². The summed E-state index contributed by atoms with van der Waals surface area (Å²) in [6.45, 7) is 0.658. The Kier molecular flexibility index (Phi) is 8.26. The van der Waals surface area contributed by atoms with E-state index in [4.69, 9.17) is 20.9 Å². The lowest BCUT2D eigenvalue weighted by Crippen LogP contribution is -2.63. The molecule has 3 rings (SSSR count). The lowest BCUT2D eigenvalue weighted by Gasteiger charge is -2.36. The topological polar surface area (TPSA) is 97.7 Å². The highest BCUT2D eigenvalue weighted by atomic mass is 35.5. The molecule has 41 heavy (non-hydrogen) atoms. The van der Waals surface area contributed by atoms with E-state index in [0.29, 0.717) is 35.9 Å². The molecular formula is C24H17ClF8O6S2. The molecule has 0 aliphatic rings. The van der Waals surface area contributed by atoms with Crippen molar-refractivity contribution in [2.75, 3.05) is 7.11 Å². The van der Waals surface area contributed by atoms with Crippen molar-refractivity contribution in [3.8, 4) is 16.9 Å². The van der Waals surface area contributed by atoms with Crippen molar-refractivity contribution in [3.63, 3.8) is 0 Å². The maximum Gasteiger partial charge on any atom is 0.438 e. The van der Waals surface area contributed by atoms with Crippen molar-refractivity contribution in [2.24, 2.45) is 0 Å². The number of halogens is 9. The third-order valence-electron chi connectivity index (χ3n) is 5.98. The number of benzene rings is 3. The number of sulfone groups is 1. The van der Waals surface area contributed by atoms with E-state index in [1.54, 1.807) is 24.3 Å². The number of hydrogen-bond donors (Lipinski definition) is 1. The van der Waals surface area contributed by atoms with Crippen molar-refractivity contribution < 1.29 is 61.2 Å². The summed E-state index contributed by atoms with van der Waals surface area (Å²) in [6, 6.07) is 10.8. The number of hydrogen-bond acceptors (Lipinski definition) is 5. The predicted molar refractivity (Wildman–Crippen MR) is 130 cm³/mol. The summed E-state index contributed by atoms with van der Waals surface area (Å²) in [5.74, 6) is -20.3. The fraction of sp³-hybridized carbons (Fsp3) is 0.250. The van der Waals surface area contributed by atoms with Gasteiger partial charge in [-0.3, -0.25) is 4.55 Å². The average Bonchev–Trinajstić information content (AvgIpc) is 2.87. The summed E-state index contributed by atoms with van der Waals surface area (Å²) < 4.78 is 175. The minimum atomic E-state index is -7.36. The zero-order valence-corrected chi connectivity index (χ0v) is 22.9. The van der Waals surface area contributed by atoms with Gasteiger partial charge in [0.05, 0.1) is 21.9 Å². The third kappa shape index (κ3) is 5.26. The zero-order chi connectivity index (χ0) is 31.4. The molecule has 0 atom stereocenters. The lowest BCUT2D eigenvalue weighted by atomic mass is 9.94. The van der Waals surface area contributed by atoms with E-state index in [1.807, 2.05) is 0 Å². The Balaban J connectivity index is 2.11. The standard InChI is InChI=1S/C24H17ClF8O6S2/c1-13-3-9-17(12-18(13)21(26,27)22(28,29)23(30,31)24(32,33)41(36,37)38)40(34,35)20-10-6-15(11-19(20)25)14-4-7-16(39-2)8-5-14/h3-12H,1-2H3,(H,36,37,38). The van der Waals surface area contributed by atoms with Gasteiger partial charge in [0.2, 0.25) is 9.84 Å². The van der Waals surface area contributed by atoms with Crippen LogP contribution in [0.5, 0.6) is 5.75 Å². The van der Waals surface area contributed by atoms with Crippen molar-refractivity contribution in [2.45, 2.75) is 39.7 Å². The second kappa shape index (κ2) is 10.4. The Morgan fingerprint density at radius 3 is 1.78 bits per heavy atom. The number of alkyl halides is 8. The molecule has 3 aromatic carbocycles. The molecule has 0 fully saturated rings. The Labute approximate surface area is 233 Å². The summed E-state index contributed by atoms with van der Waals surface area (Å²) in [5, 5.41) is -7.50. The predicted octanol–water partition coefficient (Wildman–Crippen LogP) is 7.00. The molecule has 0 aliphatic heterocycles. The van der Waals surface area contributed by atoms with Gasteiger partial charge in [-0.15, -0.1) is 0 Å². The second-order valence-electron chi connectivity index (χ2n) is 8.57. The fourth-order valence-corrected chi connectivity index (χ4v) is 5.90. The molecule has 0 radical (unpaired) electrons. The first-order chi connectivity index (χ1) is 18.5. The average molecular weight is 653 g/mol. The molecule has 0 saturated heterocycles. The van der Waals surface area contributed by atoms with Gasteiger partial charge in [0, 0.05) is 5.56 Å². The smallest absolute Gasteiger partial charge is 0.438 e. The first-order valence-corrected chi connectivity index (χ1v) is 14.1. The fourth-order valence-electron chi connectivity index (χ4n) is 3.63. The van der Waals surface area contributed by atoms with Gasteiger partial charge in [0.1, 0.15) is 5.75 Å². The molecule has 0 aromatic heterocycles. The van der Waals surface area contributed by atoms with Crippen LogP contribution in [0.25, 0.3) is 11.1 Å². The molecule has 0 spiro atoms. The first kappa shape index (κ1) is 32.6. The first-order valence-electron chi connectivity index (χ1n) is 10.8. The Morgan fingerprint density at radius 1 is 0.756 bits per heavy atom. The van der Waals surface area contributed by atoms with Crippen molar-refractivity contribution in [1.82, 2.24) is 0 Å². The van der Waals surface area contributed by atoms with Crippen LogP contribution in [0.3, 0.4) is 0 Å². The van der Waals surface area contributed by atoms with Crippen LogP contribution in [0.2, 0.25) is 5.02 Å². The van der Waals surface area contributed by atoms with Gasteiger partial charge in [0.15, 0.2) is 0 Å². The number of aryl methyl sites for hydroxylation is 1. The van der Waals surface area contributed by atoms with E-state index in [0.717, 1.165) is 6.07 Å². The third-order valence-corrected chi connectivity index (χ3v) is 9.12. The van der Waals surface area contributed by atoms with Crippen LogP contribution in [0.15, 0.2) is 70.5 Å². The van der Waals surface area contributed by atoms with E-state index < -0.39 is 68.9 Å². The molecule has 1 N–H and O–H groups in total. The van der Waals surface area contributed by atoms with E-state index in [9.17, 15) is 52.0 Å². The number of rotatable bonds is 9. The molecule has 0 bridgehead atoms. The molecule has 0 aliphatic carbocycles. The monoisotopic (exact) mass is 652 g/mol. The van der Waals surface area contributed by atoms with Crippen molar-refractivity contribution >= 4 is 31.6 Å². The van der Waals surface area contributed by atoms with Crippen LogP contribution in [0.4, 0.5) is 35.1 Å². The van der Waals surface area contributed by atoms with E-state index >= 15 is 0 Å². The Morgan fingerprint density at radius 2 is 1.29 bits per heavy atom. The molecule has 0 heterocycles. The summed E-state index contributed by atoms with van der Waals surface area (Å²) in [7, 11) is -10.8. The lowest BCUT2D eigenvalue weighted by molar-refractivity contribution is -0.353. The van der Waals surface area contributed by atoms with Gasteiger partial charge in [-0.1, -0.05) is 35.9 Å². The number of methoxy groups -OCH3 is 1. The van der Waals surface area contributed by atoms with Gasteiger partial charge in [-0.05, 0) is 60.0 Å². The summed E-state index contributed by atoms with van der Waals surface area (Å²) in [5.41, 5.74) is -2.13. The Hall–Kier alpha value is -2.95. The highest BCUT2D eigenvalue weighted by molar-refractivity contribution is 7.91. The van der Waals surface area contributed by atoms with E-state index in [1.165, 1.54) is 19.2 Å². The van der Waals surface area contributed by atoms with Crippen LogP contribution < -0.4 is 4.74 Å². The highest BCUT2D eigenvalue weighted by Crippen LogP contribution is 2.58. The SMILES string of the molecule is COc1ccc(-c2ccc(S(=O)(=O)c3ccc(C)c(C(F)(F)C(F)(F)C(F)(F)C(F)(F)S(=O)(=O)O)c3)c(Cl)c2)cc1. The molecule has 0 unspecified atom stereocenters. The number of ether oxygens (including phenoxy) is 1.